The number of aliphatic imine (C=N–C) groups is 1. The zero-order valence-corrected chi connectivity index (χ0v) is 14.9. The van der Waals surface area contributed by atoms with Crippen LogP contribution in [0.2, 0.25) is 0 Å². The highest BCUT2D eigenvalue weighted by Gasteiger charge is 2.03. The number of benzene rings is 1. The molecule has 24 heavy (non-hydrogen) atoms. The average molecular weight is 341 g/mol. The van der Waals surface area contributed by atoms with Crippen LogP contribution in [-0.2, 0) is 13.0 Å². The van der Waals surface area contributed by atoms with E-state index in [1.165, 1.54) is 9.75 Å². The number of para-hydroxylation sites is 2. The molecule has 0 aliphatic carbocycles. The van der Waals surface area contributed by atoms with Gasteiger partial charge in [-0.25, -0.2) is 9.98 Å². The van der Waals surface area contributed by atoms with Crippen LogP contribution in [0.15, 0.2) is 41.4 Å². The summed E-state index contributed by atoms with van der Waals surface area (Å²) in [7, 11) is 0. The van der Waals surface area contributed by atoms with Gasteiger partial charge >= 0.3 is 0 Å². The molecule has 2 heterocycles. The Morgan fingerprint density at radius 2 is 2.08 bits per heavy atom. The van der Waals surface area contributed by atoms with Crippen molar-refractivity contribution in [2.75, 3.05) is 13.1 Å². The molecule has 3 aromatic rings. The van der Waals surface area contributed by atoms with E-state index in [9.17, 15) is 0 Å². The largest absolute Gasteiger partial charge is 0.357 e. The lowest BCUT2D eigenvalue weighted by Crippen LogP contribution is -2.38. The molecule has 0 amide bonds. The summed E-state index contributed by atoms with van der Waals surface area (Å²) in [6, 6.07) is 12.4. The number of aromatic nitrogens is 2. The molecule has 1 aromatic carbocycles. The zero-order chi connectivity index (χ0) is 16.8. The highest BCUT2D eigenvalue weighted by atomic mass is 32.1. The van der Waals surface area contributed by atoms with Crippen LogP contribution in [0, 0.1) is 6.92 Å². The molecule has 0 saturated heterocycles. The van der Waals surface area contributed by atoms with Gasteiger partial charge in [-0.3, -0.25) is 0 Å². The summed E-state index contributed by atoms with van der Waals surface area (Å²) in [4.78, 5) is 15.2. The number of aromatic amines is 1. The van der Waals surface area contributed by atoms with Crippen LogP contribution in [0.5, 0.6) is 0 Å². The summed E-state index contributed by atoms with van der Waals surface area (Å²) in [6.07, 6.45) is 0.831. The van der Waals surface area contributed by atoms with Gasteiger partial charge in [0.05, 0.1) is 17.6 Å². The maximum atomic E-state index is 4.65. The predicted octanol–water partition coefficient (Wildman–Crippen LogP) is 3.23. The van der Waals surface area contributed by atoms with E-state index in [2.05, 4.69) is 51.6 Å². The molecule has 0 unspecified atom stereocenters. The van der Waals surface area contributed by atoms with E-state index in [-0.39, 0.29) is 0 Å². The van der Waals surface area contributed by atoms with E-state index in [0.29, 0.717) is 6.54 Å². The Morgan fingerprint density at radius 1 is 1.21 bits per heavy atom. The maximum absolute atomic E-state index is 4.65. The number of rotatable bonds is 6. The van der Waals surface area contributed by atoms with Crippen molar-refractivity contribution in [2.45, 2.75) is 26.8 Å². The van der Waals surface area contributed by atoms with Crippen molar-refractivity contribution >= 4 is 28.3 Å². The first-order chi connectivity index (χ1) is 11.7. The van der Waals surface area contributed by atoms with Crippen molar-refractivity contribution < 1.29 is 0 Å². The Bertz CT molecular complexity index is 785. The van der Waals surface area contributed by atoms with Crippen LogP contribution in [0.25, 0.3) is 11.0 Å². The zero-order valence-electron chi connectivity index (χ0n) is 14.1. The van der Waals surface area contributed by atoms with E-state index in [4.69, 9.17) is 0 Å². The Kier molecular flexibility index (Phi) is 5.48. The lowest BCUT2D eigenvalue weighted by atomic mass is 10.3. The molecule has 5 nitrogen and oxygen atoms in total. The Hall–Kier alpha value is -2.34. The molecule has 0 atom stereocenters. The maximum Gasteiger partial charge on any atom is 0.191 e. The van der Waals surface area contributed by atoms with E-state index >= 15 is 0 Å². The van der Waals surface area contributed by atoms with Crippen LogP contribution in [-0.4, -0.2) is 29.0 Å². The van der Waals surface area contributed by atoms with Gasteiger partial charge in [-0.1, -0.05) is 12.1 Å². The minimum Gasteiger partial charge on any atom is -0.357 e. The number of guanidine groups is 1. The SMILES string of the molecule is CCNC(=NCc1ccc(C)s1)NCCc1nc2ccccc2[nH]1. The van der Waals surface area contributed by atoms with Crippen molar-refractivity contribution in [3.63, 3.8) is 0 Å². The smallest absolute Gasteiger partial charge is 0.191 e. The highest BCUT2D eigenvalue weighted by molar-refractivity contribution is 7.11. The van der Waals surface area contributed by atoms with Gasteiger partial charge in [0.1, 0.15) is 5.82 Å². The fourth-order valence-electron chi connectivity index (χ4n) is 2.49. The number of nitrogens with zero attached hydrogens (tertiary/aromatic N) is 2. The van der Waals surface area contributed by atoms with Crippen LogP contribution >= 0.6 is 11.3 Å². The molecule has 0 radical (unpaired) electrons. The van der Waals surface area contributed by atoms with Gasteiger partial charge in [-0.15, -0.1) is 11.3 Å². The monoisotopic (exact) mass is 341 g/mol. The van der Waals surface area contributed by atoms with E-state index < -0.39 is 0 Å². The number of thiophene rings is 1. The summed E-state index contributed by atoms with van der Waals surface area (Å²) in [5, 5.41) is 6.66. The van der Waals surface area contributed by atoms with Crippen LogP contribution in [0.4, 0.5) is 0 Å². The number of hydrogen-bond acceptors (Lipinski definition) is 3. The van der Waals surface area contributed by atoms with Gasteiger partial charge in [0.25, 0.3) is 0 Å². The Labute approximate surface area is 146 Å². The molecule has 0 aliphatic rings. The normalized spacial score (nSPS) is 11.8. The molecular formula is C18H23N5S. The molecule has 0 saturated carbocycles. The van der Waals surface area contributed by atoms with E-state index in [1.54, 1.807) is 11.3 Å². The van der Waals surface area contributed by atoms with Crippen molar-refractivity contribution in [1.82, 2.24) is 20.6 Å². The standard InChI is InChI=1S/C18H23N5S/c1-3-19-18(21-12-14-9-8-13(2)24-14)20-11-10-17-22-15-6-4-5-7-16(15)23-17/h4-9H,3,10-12H2,1-2H3,(H,22,23)(H2,19,20,21). The number of aryl methyl sites for hydroxylation is 1. The number of fused-ring (bicyclic) bond motifs is 1. The Balaban J connectivity index is 1.55. The minimum absolute atomic E-state index is 0.707. The molecule has 0 bridgehead atoms. The fraction of sp³-hybridized carbons (Fsp3) is 0.333. The first-order valence-corrected chi connectivity index (χ1v) is 9.07. The lowest BCUT2D eigenvalue weighted by molar-refractivity contribution is 0.781. The first-order valence-electron chi connectivity index (χ1n) is 8.25. The second-order valence-corrected chi connectivity index (χ2v) is 6.96. The van der Waals surface area contributed by atoms with Gasteiger partial charge in [0.2, 0.25) is 0 Å². The number of imidazole rings is 1. The van der Waals surface area contributed by atoms with Gasteiger partial charge in [-0.05, 0) is 38.1 Å². The number of nitrogens with one attached hydrogen (secondary N) is 3. The summed E-state index contributed by atoms with van der Waals surface area (Å²) >= 11 is 1.79. The lowest BCUT2D eigenvalue weighted by Gasteiger charge is -2.10. The first kappa shape index (κ1) is 16.5. The second kappa shape index (κ2) is 7.97. The van der Waals surface area contributed by atoms with Crippen LogP contribution in [0.1, 0.15) is 22.5 Å². The van der Waals surface area contributed by atoms with Crippen LogP contribution < -0.4 is 10.6 Å². The average Bonchev–Trinajstić information content (AvgIpc) is 3.18. The van der Waals surface area contributed by atoms with Crippen molar-refractivity contribution in [1.29, 1.82) is 0 Å². The number of H-pyrrole nitrogens is 1. The highest BCUT2D eigenvalue weighted by Crippen LogP contribution is 2.15. The third-order valence-electron chi connectivity index (χ3n) is 3.63. The van der Waals surface area contributed by atoms with Crippen molar-refractivity contribution in [3.8, 4) is 0 Å². The molecule has 0 aliphatic heterocycles. The van der Waals surface area contributed by atoms with Gasteiger partial charge in [0, 0.05) is 29.3 Å². The second-order valence-electron chi connectivity index (χ2n) is 5.58. The number of hydrogen-bond donors (Lipinski definition) is 3. The quantitative estimate of drug-likeness (QED) is 0.476. The van der Waals surface area contributed by atoms with Crippen molar-refractivity contribution in [2.24, 2.45) is 4.99 Å². The molecule has 0 fully saturated rings. The molecule has 2 aromatic heterocycles. The molecule has 3 rings (SSSR count). The molecular weight excluding hydrogens is 318 g/mol. The van der Waals surface area contributed by atoms with Gasteiger partial charge in [-0.2, -0.15) is 0 Å². The van der Waals surface area contributed by atoms with E-state index in [0.717, 1.165) is 42.3 Å². The Morgan fingerprint density at radius 3 is 2.83 bits per heavy atom. The van der Waals surface area contributed by atoms with Crippen LogP contribution in [0.3, 0.4) is 0 Å². The summed E-state index contributed by atoms with van der Waals surface area (Å²) in [5.74, 6) is 1.84. The molecule has 6 heteroatoms. The molecule has 126 valence electrons. The van der Waals surface area contributed by atoms with E-state index in [1.807, 2.05) is 24.3 Å². The molecule has 3 N–H and O–H groups in total. The van der Waals surface area contributed by atoms with Crippen molar-refractivity contribution in [3.05, 3.63) is 52.0 Å². The molecule has 0 spiro atoms. The summed E-state index contributed by atoms with van der Waals surface area (Å²) in [6.45, 7) is 6.54. The van der Waals surface area contributed by atoms with Gasteiger partial charge in [0.15, 0.2) is 5.96 Å². The summed E-state index contributed by atoms with van der Waals surface area (Å²) in [5.41, 5.74) is 2.10. The minimum atomic E-state index is 0.707. The predicted molar refractivity (Wildman–Crippen MR) is 102 cm³/mol. The topological polar surface area (TPSA) is 65.1 Å². The third-order valence-corrected chi connectivity index (χ3v) is 4.61. The summed E-state index contributed by atoms with van der Waals surface area (Å²) < 4.78 is 0. The fourth-order valence-corrected chi connectivity index (χ4v) is 3.31. The third kappa shape index (κ3) is 4.35. The van der Waals surface area contributed by atoms with Gasteiger partial charge < -0.3 is 15.6 Å².